The van der Waals surface area contributed by atoms with Crippen LogP contribution in [-0.4, -0.2) is 211 Å². The molecule has 0 spiro atoms. The number of aromatic amines is 1. The number of hydrogen-bond donors (Lipinski definition) is 19. The van der Waals surface area contributed by atoms with Gasteiger partial charge in [0.05, 0.1) is 18.2 Å². The number of benzene rings is 6. The van der Waals surface area contributed by atoms with E-state index in [1.54, 1.807) is 134 Å². The van der Waals surface area contributed by atoms with Crippen molar-refractivity contribution in [1.82, 2.24) is 68.4 Å². The number of nitrogens with zero attached hydrogens (tertiary/aromatic N) is 1. The minimum Gasteiger partial charge on any atom is -0.508 e. The first-order valence-corrected chi connectivity index (χ1v) is 41.1. The zero-order valence-corrected chi connectivity index (χ0v) is 65.8. The van der Waals surface area contributed by atoms with Gasteiger partial charge in [0.1, 0.15) is 71.9 Å². The van der Waals surface area contributed by atoms with Crippen LogP contribution in [0, 0.1) is 5.41 Å². The predicted molar refractivity (Wildman–Crippen MR) is 439 cm³/mol. The largest absolute Gasteiger partial charge is 0.508 e. The lowest BCUT2D eigenvalue weighted by atomic mass is 10.00. The predicted octanol–water partition coefficient (Wildman–Crippen LogP) is -0.507. The van der Waals surface area contributed by atoms with Crippen molar-refractivity contribution < 1.29 is 72.5 Å². The average molecular weight is 1650 g/mol. The number of rotatable bonds is 23. The van der Waals surface area contributed by atoms with E-state index in [-0.39, 0.29) is 92.6 Å². The summed E-state index contributed by atoms with van der Waals surface area (Å²) in [6, 6.07) is 26.2. The molecule has 2 bridgehead atoms. The second-order valence-corrected chi connectivity index (χ2v) is 31.7. The second kappa shape index (κ2) is 43.4. The molecule has 12 atom stereocenters. The van der Waals surface area contributed by atoms with Crippen LogP contribution < -0.4 is 81.4 Å². The number of phenols is 2. The van der Waals surface area contributed by atoms with Gasteiger partial charge >= 0.3 is 0 Å². The number of thioether (sulfide) groups is 1. The van der Waals surface area contributed by atoms with E-state index < -0.39 is 168 Å². The number of amides is 13. The van der Waals surface area contributed by atoms with E-state index in [1.165, 1.54) is 48.2 Å². The minimum absolute atomic E-state index is 0.0503. The third-order valence-corrected chi connectivity index (χ3v) is 22.6. The number of carbonyl (C=O) groups excluding carboxylic acids is 13. The number of hydrogen-bond acceptors (Lipinski definition) is 20. The van der Waals surface area contributed by atoms with Gasteiger partial charge in [-0.3, -0.25) is 67.7 Å². The number of primary amides is 2. The zero-order valence-electron chi connectivity index (χ0n) is 63.4. The normalized spacial score (nSPS) is 22.1. The number of para-hydroxylation sites is 1. The molecule has 116 heavy (non-hydrogen) atoms. The molecule has 0 saturated carbocycles. The molecule has 3 unspecified atom stereocenters. The molecule has 3 saturated heterocycles. The van der Waals surface area contributed by atoms with Crippen molar-refractivity contribution in [3.63, 3.8) is 0 Å². The first-order valence-electron chi connectivity index (χ1n) is 37.4. The Morgan fingerprint density at radius 3 is 1.65 bits per heavy atom. The van der Waals surface area contributed by atoms with Crippen LogP contribution in [0.15, 0.2) is 170 Å². The van der Waals surface area contributed by atoms with Gasteiger partial charge < -0.3 is 102 Å². The smallest absolute Gasteiger partial charge is 0.244 e. The summed E-state index contributed by atoms with van der Waals surface area (Å²) in [5.74, 6) is -14.0. The number of H-pyrrole nitrogens is 1. The van der Waals surface area contributed by atoms with Crippen molar-refractivity contribution in [1.29, 1.82) is 5.41 Å². The van der Waals surface area contributed by atoms with Gasteiger partial charge in [0.15, 0.2) is 5.96 Å². The van der Waals surface area contributed by atoms with Crippen molar-refractivity contribution in [3.8, 4) is 11.5 Å². The quantitative estimate of drug-likeness (QED) is 0.0126. The van der Waals surface area contributed by atoms with E-state index in [4.69, 9.17) is 28.3 Å². The Kier molecular flexibility index (Phi) is 32.8. The van der Waals surface area contributed by atoms with Crippen LogP contribution in [0.5, 0.6) is 11.5 Å². The van der Waals surface area contributed by atoms with Gasteiger partial charge in [-0.1, -0.05) is 155 Å². The van der Waals surface area contributed by atoms with Gasteiger partial charge in [-0.15, -0.1) is 11.8 Å². The van der Waals surface area contributed by atoms with E-state index in [9.17, 15) is 39.0 Å². The Morgan fingerprint density at radius 1 is 0.552 bits per heavy atom. The Bertz CT molecular complexity index is 4610. The van der Waals surface area contributed by atoms with Crippen molar-refractivity contribution in [2.24, 2.45) is 22.9 Å². The standard InChI is InChI=1S/C80H96N18O15S3/c1-45-70(104)91-59(34-46-14-5-2-6-15-46)74(108)97-65(77(111)90-58(69(83)103)33-50-25-29-54(100)30-26-50)43-116-115-42-64(95-71(105)56(81)32-49-23-27-53(99)28-24-49)78(112)93-60(35-47-16-7-3-8-17-47)73(107)92-61(36-48-18-9-4-10-19-48)75(109)96-63-41-114-44-68(102)98(40-52(89-76(63)110)20-13-31-86-80(84)85)66(37-51-39-87-57-22-12-11-21-55(51)57)79(113)94-62(38-67(82)101)72(106)88-45/h2-12,14-19,21-30,39,45,52,56,58-66,87,99-100H,13,20,31-38,40-44,81H2,1H3,(H2,82,101)(H2,83,103)(H,88,106)(H,89,110)(H,90,111)(H,91,104)(H,92,107)(H,93,112)(H,94,113)(H,95,105)(H,96,109)(H,97,108)(H4,84,85,86)/t45-,52-,56-,58-,59?,60-,61+,62-,63+,64?,65-,66?/m0/s1. The molecule has 1 aromatic heterocycles. The highest BCUT2D eigenvalue weighted by atomic mass is 33.1. The molecule has 13 amide bonds. The third kappa shape index (κ3) is 27.0. The molecule has 33 nitrogen and oxygen atoms in total. The van der Waals surface area contributed by atoms with E-state index in [1.807, 2.05) is 0 Å². The van der Waals surface area contributed by atoms with E-state index >= 15 is 33.6 Å². The van der Waals surface area contributed by atoms with E-state index in [0.717, 1.165) is 33.3 Å². The molecule has 0 aliphatic carbocycles. The topological polar surface area (TPSA) is 542 Å². The van der Waals surface area contributed by atoms with Crippen LogP contribution in [0.3, 0.4) is 0 Å². The number of phenolic OH excluding ortho intramolecular Hbond substituents is 2. The van der Waals surface area contributed by atoms with Gasteiger partial charge in [-0.25, -0.2) is 0 Å². The molecule has 3 aliphatic rings. The van der Waals surface area contributed by atoms with E-state index in [2.05, 4.69) is 63.5 Å². The first kappa shape index (κ1) is 87.8. The summed E-state index contributed by atoms with van der Waals surface area (Å²) in [7, 11) is 1.82. The number of nitrogens with two attached hydrogens (primary N) is 4. The third-order valence-electron chi connectivity index (χ3n) is 19.2. The lowest BCUT2D eigenvalue weighted by molar-refractivity contribution is -0.141. The first-order chi connectivity index (χ1) is 55.6. The molecular formula is C80H96N18O15S3. The maximum atomic E-state index is 15.5. The summed E-state index contributed by atoms with van der Waals surface area (Å²) in [5, 5.41) is 58.5. The van der Waals surface area contributed by atoms with Crippen molar-refractivity contribution in [2.75, 3.05) is 36.1 Å². The van der Waals surface area contributed by atoms with Crippen molar-refractivity contribution in [2.45, 2.75) is 137 Å². The van der Waals surface area contributed by atoms with Crippen LogP contribution in [-0.2, 0) is 101 Å². The molecular weight excluding hydrogens is 1550 g/mol. The number of fused-ring (bicyclic) bond motifs is 32. The number of nitrogens with one attached hydrogen (secondary N) is 13. The fourth-order valence-corrected chi connectivity index (χ4v) is 16.2. The lowest BCUT2D eigenvalue weighted by Crippen LogP contribution is -2.62. The van der Waals surface area contributed by atoms with Gasteiger partial charge in [-0.2, -0.15) is 0 Å². The number of aromatic hydroxyl groups is 2. The fourth-order valence-electron chi connectivity index (χ4n) is 12.9. The second-order valence-electron chi connectivity index (χ2n) is 28.1. The molecule has 4 heterocycles. The Hall–Kier alpha value is -12.2. The maximum Gasteiger partial charge on any atom is 0.244 e. The Morgan fingerprint density at radius 2 is 1.07 bits per heavy atom. The van der Waals surface area contributed by atoms with Gasteiger partial charge in [-0.05, 0) is 89.9 Å². The van der Waals surface area contributed by atoms with Crippen molar-refractivity contribution in [3.05, 3.63) is 203 Å². The van der Waals surface area contributed by atoms with Crippen molar-refractivity contribution >= 4 is 127 Å². The van der Waals surface area contributed by atoms with Crippen LogP contribution >= 0.6 is 33.3 Å². The molecule has 6 aromatic carbocycles. The lowest BCUT2D eigenvalue weighted by Gasteiger charge is -2.36. The van der Waals surface area contributed by atoms with Gasteiger partial charge in [0.2, 0.25) is 76.8 Å². The highest BCUT2D eigenvalue weighted by Gasteiger charge is 2.40. The van der Waals surface area contributed by atoms with Crippen LogP contribution in [0.25, 0.3) is 10.9 Å². The number of aromatic nitrogens is 1. The summed E-state index contributed by atoms with van der Waals surface area (Å²) >= 11 is 0.928. The maximum absolute atomic E-state index is 15.5. The fraction of sp³-hybridized carbons (Fsp3) is 0.350. The molecule has 10 rings (SSSR count). The average Bonchev–Trinajstić information content (AvgIpc) is 1.44. The SMILES string of the molecule is C[C@@H]1NC(=O)[C@H](CC(N)=O)NC(=O)C(Cc2c[nH]c3ccccc23)N2C[C@H](CCCNC(=N)N)NC(=O)[C@@H](CSCC2=O)NC(=O)[C@@H](Cc2ccccc2)NC(=O)[C@H](Cc2ccccc2)NC(=O)C(NC(=O)[C@@H](N)Cc2ccc(O)cc2)CSSC[C@@H](C(=O)N[C@@H](Cc2ccc(O)cc2)C(N)=O)NC(=O)C(Cc2ccccc2)NC1=O. The molecule has 0 radical (unpaired) electrons. The van der Waals surface area contributed by atoms with E-state index in [0.29, 0.717) is 44.3 Å². The Labute approximate surface area is 680 Å². The van der Waals surface area contributed by atoms with Crippen LogP contribution in [0.1, 0.15) is 59.6 Å². The molecule has 3 aliphatic heterocycles. The monoisotopic (exact) mass is 1640 g/mol. The number of carbonyl (C=O) groups is 13. The highest BCUT2D eigenvalue weighted by molar-refractivity contribution is 8.76. The van der Waals surface area contributed by atoms with Crippen LogP contribution in [0.2, 0.25) is 0 Å². The van der Waals surface area contributed by atoms with Gasteiger partial charge in [0, 0.05) is 85.6 Å². The summed E-state index contributed by atoms with van der Waals surface area (Å²) in [5.41, 5.74) is 27.6. The molecule has 3 fully saturated rings. The Balaban J connectivity index is 1.13. The molecule has 23 N–H and O–H groups in total. The number of guanidine groups is 1. The summed E-state index contributed by atoms with van der Waals surface area (Å²) in [4.78, 5) is 196. The summed E-state index contributed by atoms with van der Waals surface area (Å²) in [6.45, 7) is 0.956. The summed E-state index contributed by atoms with van der Waals surface area (Å²) in [6.07, 6.45) is -0.0941. The molecule has 36 heteroatoms. The molecule has 7 aromatic rings. The minimum atomic E-state index is -1.84. The zero-order chi connectivity index (χ0) is 83.4. The molecule has 614 valence electrons. The van der Waals surface area contributed by atoms with Crippen LogP contribution in [0.4, 0.5) is 0 Å². The summed E-state index contributed by atoms with van der Waals surface area (Å²) < 4.78 is 0. The highest BCUT2D eigenvalue weighted by Crippen LogP contribution is 2.27. The van der Waals surface area contributed by atoms with Gasteiger partial charge in [0.25, 0.3) is 0 Å².